The molecule has 0 bridgehead atoms. The minimum Gasteiger partial charge on any atom is -0.465 e. The third-order valence-corrected chi connectivity index (χ3v) is 5.45. The number of ether oxygens (including phenoxy) is 2. The van der Waals surface area contributed by atoms with E-state index in [9.17, 15) is 9.59 Å². The van der Waals surface area contributed by atoms with Gasteiger partial charge in [0.15, 0.2) is 5.41 Å². The van der Waals surface area contributed by atoms with E-state index in [1.54, 1.807) is 13.8 Å². The van der Waals surface area contributed by atoms with Crippen LogP contribution in [0.4, 0.5) is 0 Å². The third kappa shape index (κ3) is 6.82. The molecule has 1 saturated carbocycles. The molecule has 0 amide bonds. The smallest absolute Gasteiger partial charge is 0.324 e. The second-order valence-electron chi connectivity index (χ2n) is 7.82. The van der Waals surface area contributed by atoms with Gasteiger partial charge in [0.1, 0.15) is 0 Å². The Hall–Kier alpha value is -1.58. The predicted octanol–water partition coefficient (Wildman–Crippen LogP) is 5.76. The minimum atomic E-state index is -1.20. The molecule has 27 heavy (non-hydrogen) atoms. The van der Waals surface area contributed by atoms with E-state index in [0.29, 0.717) is 6.42 Å². The summed E-state index contributed by atoms with van der Waals surface area (Å²) in [5.74, 6) is -0.835. The summed E-state index contributed by atoms with van der Waals surface area (Å²) in [7, 11) is 0. The van der Waals surface area contributed by atoms with Gasteiger partial charge in [0.05, 0.1) is 13.2 Å². The third-order valence-electron chi connectivity index (χ3n) is 5.45. The highest BCUT2D eigenvalue weighted by molar-refractivity contribution is 6.00. The van der Waals surface area contributed by atoms with Crippen molar-refractivity contribution in [3.63, 3.8) is 0 Å². The molecule has 0 aromatic rings. The van der Waals surface area contributed by atoms with Gasteiger partial charge in [-0.2, -0.15) is 0 Å². The Morgan fingerprint density at radius 3 is 1.96 bits per heavy atom. The summed E-state index contributed by atoms with van der Waals surface area (Å²) in [5, 5.41) is 0. The molecule has 0 aromatic heterocycles. The van der Waals surface area contributed by atoms with Crippen LogP contribution in [0.5, 0.6) is 0 Å². The molecule has 0 saturated heterocycles. The van der Waals surface area contributed by atoms with Crippen molar-refractivity contribution in [1.29, 1.82) is 0 Å². The first-order valence-electron chi connectivity index (χ1n) is 10.5. The van der Waals surface area contributed by atoms with Gasteiger partial charge < -0.3 is 9.47 Å². The minimum absolute atomic E-state index is 0.00816. The van der Waals surface area contributed by atoms with Gasteiger partial charge in [-0.25, -0.2) is 0 Å². The summed E-state index contributed by atoms with van der Waals surface area (Å²) in [5.41, 5.74) is 1.29. The largest absolute Gasteiger partial charge is 0.465 e. The van der Waals surface area contributed by atoms with Gasteiger partial charge in [-0.15, -0.1) is 0 Å². The lowest BCUT2D eigenvalue weighted by molar-refractivity contribution is -0.177. The van der Waals surface area contributed by atoms with Gasteiger partial charge in [-0.05, 0) is 72.6 Å². The zero-order valence-corrected chi connectivity index (χ0v) is 17.9. The maximum Gasteiger partial charge on any atom is 0.324 e. The van der Waals surface area contributed by atoms with E-state index in [4.69, 9.17) is 9.47 Å². The normalized spacial score (nSPS) is 16.0. The van der Waals surface area contributed by atoms with E-state index in [2.05, 4.69) is 32.9 Å². The molecule has 1 aliphatic rings. The van der Waals surface area contributed by atoms with E-state index >= 15 is 0 Å². The van der Waals surface area contributed by atoms with Crippen LogP contribution >= 0.6 is 0 Å². The number of esters is 2. The summed E-state index contributed by atoms with van der Waals surface area (Å²) < 4.78 is 10.8. The number of carbonyl (C=O) groups excluding carboxylic acids is 2. The molecule has 1 aliphatic carbocycles. The van der Waals surface area contributed by atoms with Crippen LogP contribution in [0, 0.1) is 11.3 Å². The molecule has 0 aliphatic heterocycles. The summed E-state index contributed by atoms with van der Waals surface area (Å²) in [6.45, 7) is 10.4. The number of allylic oxidation sites excluding steroid dienone is 4. The van der Waals surface area contributed by atoms with Gasteiger partial charge in [-0.1, -0.05) is 42.6 Å². The summed E-state index contributed by atoms with van der Waals surface area (Å²) >= 11 is 0. The Bertz CT molecular complexity index is 517. The van der Waals surface area contributed by atoms with Crippen LogP contribution in [0.3, 0.4) is 0 Å². The zero-order valence-electron chi connectivity index (χ0n) is 17.9. The van der Waals surface area contributed by atoms with Crippen LogP contribution < -0.4 is 0 Å². The van der Waals surface area contributed by atoms with Crippen molar-refractivity contribution in [2.45, 2.75) is 86.0 Å². The average Bonchev–Trinajstić information content (AvgIpc) is 2.63. The lowest BCUT2D eigenvalue weighted by Gasteiger charge is -2.38. The van der Waals surface area contributed by atoms with Crippen LogP contribution in [0.2, 0.25) is 0 Å². The molecule has 1 fully saturated rings. The lowest BCUT2D eigenvalue weighted by atomic mass is 9.66. The van der Waals surface area contributed by atoms with E-state index in [0.717, 1.165) is 44.9 Å². The van der Waals surface area contributed by atoms with Gasteiger partial charge >= 0.3 is 11.9 Å². The standard InChI is InChI=1S/C23H38O4/c1-6-26-21(24)23(22(25)27-7-2,20-14-9-8-10-15-20)17-16-19(5)13-11-12-18(3)4/h12,16,20H,6-11,13-15,17H2,1-5H3/b19-16+. The Labute approximate surface area is 165 Å². The lowest BCUT2D eigenvalue weighted by Crippen LogP contribution is -2.48. The molecule has 0 heterocycles. The number of carbonyl (C=O) groups is 2. The van der Waals surface area contributed by atoms with Crippen LogP contribution in [0.25, 0.3) is 0 Å². The first-order chi connectivity index (χ1) is 12.9. The van der Waals surface area contributed by atoms with Crippen molar-refractivity contribution in [1.82, 2.24) is 0 Å². The van der Waals surface area contributed by atoms with Gasteiger partial charge in [0.25, 0.3) is 0 Å². The predicted molar refractivity (Wildman–Crippen MR) is 109 cm³/mol. The van der Waals surface area contributed by atoms with Crippen molar-refractivity contribution in [3.8, 4) is 0 Å². The van der Waals surface area contributed by atoms with Gasteiger partial charge in [-0.3, -0.25) is 9.59 Å². The molecule has 1 rings (SSSR count). The Morgan fingerprint density at radius 1 is 0.926 bits per heavy atom. The van der Waals surface area contributed by atoms with Crippen LogP contribution in [-0.4, -0.2) is 25.2 Å². The highest BCUT2D eigenvalue weighted by Gasteiger charge is 2.53. The van der Waals surface area contributed by atoms with E-state index in [1.165, 1.54) is 11.1 Å². The zero-order chi connectivity index (χ0) is 20.3. The Balaban J connectivity index is 3.13. The Morgan fingerprint density at radius 2 is 1.48 bits per heavy atom. The first kappa shape index (κ1) is 23.5. The van der Waals surface area contributed by atoms with Crippen molar-refractivity contribution < 1.29 is 19.1 Å². The molecular formula is C23H38O4. The first-order valence-corrected chi connectivity index (χ1v) is 10.5. The maximum atomic E-state index is 13.0. The average molecular weight is 379 g/mol. The second kappa shape index (κ2) is 12.0. The fraction of sp³-hybridized carbons (Fsp3) is 0.739. The molecule has 4 nitrogen and oxygen atoms in total. The fourth-order valence-electron chi connectivity index (χ4n) is 3.89. The fourth-order valence-corrected chi connectivity index (χ4v) is 3.89. The molecule has 0 spiro atoms. The molecule has 0 N–H and O–H groups in total. The van der Waals surface area contributed by atoms with E-state index in [-0.39, 0.29) is 19.1 Å². The van der Waals surface area contributed by atoms with Crippen LogP contribution in [0.1, 0.15) is 86.0 Å². The van der Waals surface area contributed by atoms with Gasteiger partial charge in [0, 0.05) is 0 Å². The van der Waals surface area contributed by atoms with Crippen LogP contribution in [-0.2, 0) is 19.1 Å². The number of rotatable bonds is 10. The van der Waals surface area contributed by atoms with Crippen molar-refractivity contribution in [2.75, 3.05) is 13.2 Å². The van der Waals surface area contributed by atoms with Crippen molar-refractivity contribution >= 4 is 11.9 Å². The summed E-state index contributed by atoms with van der Waals surface area (Å²) in [6.07, 6.45) is 11.6. The molecule has 0 unspecified atom stereocenters. The summed E-state index contributed by atoms with van der Waals surface area (Å²) in [4.78, 5) is 26.1. The monoisotopic (exact) mass is 378 g/mol. The molecule has 4 heteroatoms. The Kier molecular flexibility index (Phi) is 10.4. The van der Waals surface area contributed by atoms with Crippen LogP contribution in [0.15, 0.2) is 23.3 Å². The quantitative estimate of drug-likeness (QED) is 0.275. The molecular weight excluding hydrogens is 340 g/mol. The molecule has 0 aromatic carbocycles. The second-order valence-corrected chi connectivity index (χ2v) is 7.82. The van der Waals surface area contributed by atoms with E-state index < -0.39 is 17.4 Å². The summed E-state index contributed by atoms with van der Waals surface area (Å²) in [6, 6.07) is 0. The molecule has 154 valence electrons. The maximum absolute atomic E-state index is 13.0. The highest BCUT2D eigenvalue weighted by atomic mass is 16.6. The number of hydrogen-bond acceptors (Lipinski definition) is 4. The molecule has 0 atom stereocenters. The van der Waals surface area contributed by atoms with Crippen molar-refractivity contribution in [3.05, 3.63) is 23.3 Å². The van der Waals surface area contributed by atoms with E-state index in [1.807, 2.05) is 0 Å². The molecule has 0 radical (unpaired) electrons. The number of hydrogen-bond donors (Lipinski definition) is 0. The SMILES string of the molecule is CCOC(=O)C(C/C=C(\C)CCC=C(C)C)(C(=O)OCC)C1CCCCC1. The highest BCUT2D eigenvalue weighted by Crippen LogP contribution is 2.44. The van der Waals surface area contributed by atoms with Crippen molar-refractivity contribution in [2.24, 2.45) is 11.3 Å². The topological polar surface area (TPSA) is 52.6 Å². The van der Waals surface area contributed by atoms with Gasteiger partial charge in [0.2, 0.25) is 0 Å².